The minimum absolute atomic E-state index is 0.233. The second-order valence-corrected chi connectivity index (χ2v) is 3.94. The molecule has 13 heavy (non-hydrogen) atoms. The second-order valence-electron chi connectivity index (χ2n) is 3.53. The Hall–Kier alpha value is -0.730. The summed E-state index contributed by atoms with van der Waals surface area (Å²) in [5.41, 5.74) is -0.834. The molecular weight excluding hydrogens is 188 g/mol. The fourth-order valence-corrected chi connectivity index (χ4v) is 1.01. The maximum absolute atomic E-state index is 9.40. The van der Waals surface area contributed by atoms with Gasteiger partial charge in [0.05, 0.1) is 10.6 Å². The first kappa shape index (κ1) is 10.4. The van der Waals surface area contributed by atoms with Gasteiger partial charge in [0.1, 0.15) is 12.4 Å². The Labute approximate surface area is 83.1 Å². The molecule has 0 saturated heterocycles. The number of halogens is 1. The lowest BCUT2D eigenvalue weighted by Gasteiger charge is -2.18. The van der Waals surface area contributed by atoms with Crippen LogP contribution in [0.25, 0.3) is 0 Å². The summed E-state index contributed by atoms with van der Waals surface area (Å²) in [6, 6.07) is 7.19. The fourth-order valence-electron chi connectivity index (χ4n) is 0.816. The second kappa shape index (κ2) is 3.99. The van der Waals surface area contributed by atoms with Gasteiger partial charge >= 0.3 is 0 Å². The van der Waals surface area contributed by atoms with E-state index in [0.29, 0.717) is 10.8 Å². The predicted octanol–water partition coefficient (Wildman–Crippen LogP) is 2.49. The standard InChI is InChI=1S/C10H13ClO2/c1-10(2,12)7-13-9-6-4-3-5-8(9)11/h3-6,12H,7H2,1-2H3. The minimum atomic E-state index is -0.834. The summed E-state index contributed by atoms with van der Waals surface area (Å²) in [5, 5.41) is 9.96. The van der Waals surface area contributed by atoms with Crippen LogP contribution in [0.5, 0.6) is 5.75 Å². The molecule has 0 aliphatic heterocycles. The Balaban J connectivity index is 2.60. The monoisotopic (exact) mass is 200 g/mol. The van der Waals surface area contributed by atoms with Gasteiger partial charge in [0, 0.05) is 0 Å². The van der Waals surface area contributed by atoms with Gasteiger partial charge in [-0.05, 0) is 26.0 Å². The van der Waals surface area contributed by atoms with Crippen molar-refractivity contribution in [3.8, 4) is 5.75 Å². The lowest BCUT2D eigenvalue weighted by molar-refractivity contribution is 0.0285. The SMILES string of the molecule is CC(C)(O)COc1ccccc1Cl. The van der Waals surface area contributed by atoms with Crippen LogP contribution in [-0.4, -0.2) is 17.3 Å². The van der Waals surface area contributed by atoms with Crippen molar-refractivity contribution in [3.63, 3.8) is 0 Å². The summed E-state index contributed by atoms with van der Waals surface area (Å²) in [6.45, 7) is 3.60. The Morgan fingerprint density at radius 3 is 2.54 bits per heavy atom. The molecule has 72 valence electrons. The van der Waals surface area contributed by atoms with Crippen LogP contribution in [0.3, 0.4) is 0 Å². The number of benzene rings is 1. The summed E-state index contributed by atoms with van der Waals surface area (Å²) >= 11 is 5.85. The van der Waals surface area contributed by atoms with Crippen molar-refractivity contribution in [2.24, 2.45) is 0 Å². The molecule has 1 N–H and O–H groups in total. The number of rotatable bonds is 3. The van der Waals surface area contributed by atoms with Crippen LogP contribution in [0.1, 0.15) is 13.8 Å². The average Bonchev–Trinajstić information content (AvgIpc) is 2.01. The summed E-state index contributed by atoms with van der Waals surface area (Å²) in [7, 11) is 0. The fraction of sp³-hybridized carbons (Fsp3) is 0.400. The van der Waals surface area contributed by atoms with Crippen LogP contribution >= 0.6 is 11.6 Å². The Morgan fingerprint density at radius 1 is 1.38 bits per heavy atom. The van der Waals surface area contributed by atoms with Crippen LogP contribution in [0.15, 0.2) is 24.3 Å². The first-order valence-electron chi connectivity index (χ1n) is 4.09. The summed E-state index contributed by atoms with van der Waals surface area (Å²) < 4.78 is 5.32. The van der Waals surface area contributed by atoms with Crippen LogP contribution in [-0.2, 0) is 0 Å². The topological polar surface area (TPSA) is 29.5 Å². The summed E-state index contributed by atoms with van der Waals surface area (Å²) in [6.07, 6.45) is 0. The molecule has 1 aromatic carbocycles. The van der Waals surface area contributed by atoms with Crippen LogP contribution < -0.4 is 4.74 Å². The molecule has 1 rings (SSSR count). The van der Waals surface area contributed by atoms with E-state index in [4.69, 9.17) is 16.3 Å². The average molecular weight is 201 g/mol. The van der Waals surface area contributed by atoms with E-state index >= 15 is 0 Å². The summed E-state index contributed by atoms with van der Waals surface area (Å²) in [5.74, 6) is 0.603. The van der Waals surface area contributed by atoms with Crippen molar-refractivity contribution in [1.29, 1.82) is 0 Å². The third-order valence-electron chi connectivity index (χ3n) is 1.42. The highest BCUT2D eigenvalue weighted by Gasteiger charge is 2.13. The molecule has 0 aliphatic carbocycles. The molecule has 0 atom stereocenters. The van der Waals surface area contributed by atoms with Gasteiger partial charge in [0.2, 0.25) is 0 Å². The van der Waals surface area contributed by atoms with E-state index in [2.05, 4.69) is 0 Å². The molecule has 0 bridgehead atoms. The third-order valence-corrected chi connectivity index (χ3v) is 1.73. The molecule has 2 nitrogen and oxygen atoms in total. The molecule has 0 aromatic heterocycles. The van der Waals surface area contributed by atoms with E-state index in [9.17, 15) is 5.11 Å². The number of para-hydroxylation sites is 1. The van der Waals surface area contributed by atoms with E-state index in [-0.39, 0.29) is 6.61 Å². The smallest absolute Gasteiger partial charge is 0.138 e. The highest BCUT2D eigenvalue weighted by atomic mass is 35.5. The maximum atomic E-state index is 9.40. The molecule has 0 amide bonds. The third kappa shape index (κ3) is 3.66. The van der Waals surface area contributed by atoms with Gasteiger partial charge in [-0.3, -0.25) is 0 Å². The highest BCUT2D eigenvalue weighted by Crippen LogP contribution is 2.23. The van der Waals surface area contributed by atoms with E-state index in [1.54, 1.807) is 26.0 Å². The quantitative estimate of drug-likeness (QED) is 0.813. The maximum Gasteiger partial charge on any atom is 0.138 e. The van der Waals surface area contributed by atoms with Gasteiger partial charge in [0.15, 0.2) is 0 Å². The molecular formula is C10H13ClO2. The van der Waals surface area contributed by atoms with Crippen molar-refractivity contribution in [2.75, 3.05) is 6.61 Å². The molecule has 0 spiro atoms. The zero-order chi connectivity index (χ0) is 9.90. The Kier molecular flexibility index (Phi) is 3.17. The van der Waals surface area contributed by atoms with Crippen molar-refractivity contribution in [3.05, 3.63) is 29.3 Å². The molecule has 0 fully saturated rings. The van der Waals surface area contributed by atoms with Crippen molar-refractivity contribution >= 4 is 11.6 Å². The number of hydrogen-bond acceptors (Lipinski definition) is 2. The van der Waals surface area contributed by atoms with Gasteiger partial charge < -0.3 is 9.84 Å². The Bertz CT molecular complexity index is 278. The van der Waals surface area contributed by atoms with Gasteiger partial charge in [0.25, 0.3) is 0 Å². The van der Waals surface area contributed by atoms with Crippen molar-refractivity contribution < 1.29 is 9.84 Å². The molecule has 3 heteroatoms. The first-order chi connectivity index (χ1) is 5.99. The van der Waals surface area contributed by atoms with E-state index in [1.807, 2.05) is 12.1 Å². The molecule has 0 saturated carbocycles. The van der Waals surface area contributed by atoms with Crippen LogP contribution in [0.2, 0.25) is 5.02 Å². The van der Waals surface area contributed by atoms with Crippen LogP contribution in [0, 0.1) is 0 Å². The zero-order valence-electron chi connectivity index (χ0n) is 7.75. The van der Waals surface area contributed by atoms with Gasteiger partial charge in [-0.2, -0.15) is 0 Å². The first-order valence-corrected chi connectivity index (χ1v) is 4.46. The van der Waals surface area contributed by atoms with Gasteiger partial charge in [-0.25, -0.2) is 0 Å². The van der Waals surface area contributed by atoms with E-state index < -0.39 is 5.60 Å². The van der Waals surface area contributed by atoms with Crippen molar-refractivity contribution in [1.82, 2.24) is 0 Å². The number of hydrogen-bond donors (Lipinski definition) is 1. The molecule has 0 unspecified atom stereocenters. The molecule has 0 aliphatic rings. The summed E-state index contributed by atoms with van der Waals surface area (Å²) in [4.78, 5) is 0. The molecule has 0 radical (unpaired) electrons. The Morgan fingerprint density at radius 2 is 2.00 bits per heavy atom. The van der Waals surface area contributed by atoms with Gasteiger partial charge in [-0.1, -0.05) is 23.7 Å². The predicted molar refractivity (Wildman–Crippen MR) is 53.2 cm³/mol. The van der Waals surface area contributed by atoms with E-state index in [0.717, 1.165) is 0 Å². The largest absolute Gasteiger partial charge is 0.489 e. The van der Waals surface area contributed by atoms with Crippen LogP contribution in [0.4, 0.5) is 0 Å². The highest BCUT2D eigenvalue weighted by molar-refractivity contribution is 6.32. The number of ether oxygens (including phenoxy) is 1. The number of aliphatic hydroxyl groups is 1. The molecule has 0 heterocycles. The lowest BCUT2D eigenvalue weighted by atomic mass is 10.2. The van der Waals surface area contributed by atoms with Gasteiger partial charge in [-0.15, -0.1) is 0 Å². The zero-order valence-corrected chi connectivity index (χ0v) is 8.51. The minimum Gasteiger partial charge on any atom is -0.489 e. The van der Waals surface area contributed by atoms with E-state index in [1.165, 1.54) is 0 Å². The lowest BCUT2D eigenvalue weighted by Crippen LogP contribution is -2.27. The molecule has 1 aromatic rings. The normalized spacial score (nSPS) is 11.4. The van der Waals surface area contributed by atoms with Crippen molar-refractivity contribution in [2.45, 2.75) is 19.4 Å².